The van der Waals surface area contributed by atoms with Crippen LogP contribution in [0.15, 0.2) is 146 Å². The van der Waals surface area contributed by atoms with E-state index in [0.717, 1.165) is 133 Å². The SMILES string of the molecule is C.C.COC(=O)C[C@@H]1CCCc2ccc(O)cc21.COC(=O)C[C@@H]1CCCc2ccc(OCc3ccc(-c4cc(OC)ccc4F)c(C(C)(C)C)c3)cc21.COC(=O)C[C@H]1CCCc2ccc(O)cc21.COC(=O)C[C@H]1CCCc2ccc(OCc3ccc(-c4cc(OC)ccc4F)c(C(C)(C)C)c3)cc21. The van der Waals surface area contributed by atoms with E-state index in [1.54, 1.807) is 62.8 Å². The Morgan fingerprint density at radius 2 is 0.660 bits per heavy atom. The number of hydrogen-bond donors (Lipinski definition) is 2. The van der Waals surface area contributed by atoms with Gasteiger partial charge in [-0.15, -0.1) is 0 Å². The summed E-state index contributed by atoms with van der Waals surface area (Å²) < 4.78 is 71.8. The Labute approximate surface area is 627 Å². The molecule has 8 aromatic rings. The second-order valence-corrected chi connectivity index (χ2v) is 29.5. The normalized spacial score (nSPS) is 16.1. The van der Waals surface area contributed by atoms with E-state index in [0.29, 0.717) is 61.5 Å². The summed E-state index contributed by atoms with van der Waals surface area (Å²) in [6.45, 7) is 13.5. The van der Waals surface area contributed by atoms with Crippen molar-refractivity contribution in [2.45, 2.75) is 207 Å². The highest BCUT2D eigenvalue weighted by Crippen LogP contribution is 2.43. The maximum absolute atomic E-state index is 14.8. The maximum Gasteiger partial charge on any atom is 0.306 e. The Bertz CT molecular complexity index is 4020. The van der Waals surface area contributed by atoms with Gasteiger partial charge in [-0.25, -0.2) is 8.78 Å². The number of fused-ring (bicyclic) bond motifs is 4. The monoisotopic (exact) mass is 1450 g/mol. The van der Waals surface area contributed by atoms with Crippen LogP contribution in [0.1, 0.15) is 224 Å². The molecule has 0 bridgehead atoms. The molecule has 12 rings (SSSR count). The van der Waals surface area contributed by atoms with Crippen molar-refractivity contribution >= 4 is 23.9 Å². The predicted molar refractivity (Wildman–Crippen MR) is 415 cm³/mol. The molecule has 2 N–H and O–H groups in total. The van der Waals surface area contributed by atoms with Crippen LogP contribution in [0.2, 0.25) is 0 Å². The predicted octanol–water partition coefficient (Wildman–Crippen LogP) is 20.7. The summed E-state index contributed by atoms with van der Waals surface area (Å²) in [6.07, 6.45) is 14.0. The number of rotatable bonds is 18. The first-order valence-electron chi connectivity index (χ1n) is 36.2. The van der Waals surface area contributed by atoms with Crippen LogP contribution in [0.25, 0.3) is 22.3 Å². The molecule has 14 nitrogen and oxygen atoms in total. The average Bonchev–Trinajstić information content (AvgIpc) is 1.17. The van der Waals surface area contributed by atoms with E-state index in [2.05, 4.69) is 77.9 Å². The van der Waals surface area contributed by atoms with Gasteiger partial charge in [0.1, 0.15) is 59.3 Å². The van der Waals surface area contributed by atoms with Crippen molar-refractivity contribution < 1.29 is 76.1 Å². The highest BCUT2D eigenvalue weighted by atomic mass is 19.1. The molecular formula is C90H110F2O14. The number of carbonyl (C=O) groups is 4. The van der Waals surface area contributed by atoms with Crippen molar-refractivity contribution in [3.63, 3.8) is 0 Å². The molecule has 0 saturated heterocycles. The number of esters is 4. The molecule has 8 aromatic carbocycles. The van der Waals surface area contributed by atoms with Gasteiger partial charge in [0.25, 0.3) is 0 Å². The molecule has 0 heterocycles. The van der Waals surface area contributed by atoms with E-state index in [4.69, 9.17) is 37.9 Å². The number of aryl methyl sites for hydroxylation is 4. The van der Waals surface area contributed by atoms with Crippen LogP contribution in [0.5, 0.6) is 34.5 Å². The van der Waals surface area contributed by atoms with Crippen LogP contribution in [0.3, 0.4) is 0 Å². The molecule has 4 aliphatic carbocycles. The Hall–Kier alpha value is -9.70. The largest absolute Gasteiger partial charge is 0.508 e. The first-order chi connectivity index (χ1) is 49.8. The first kappa shape index (κ1) is 83.6. The molecule has 4 aliphatic rings. The van der Waals surface area contributed by atoms with Crippen molar-refractivity contribution in [2.75, 3.05) is 42.7 Å². The van der Waals surface area contributed by atoms with E-state index in [9.17, 15) is 38.2 Å². The zero-order chi connectivity index (χ0) is 74.8. The first-order valence-corrected chi connectivity index (χ1v) is 36.2. The lowest BCUT2D eigenvalue weighted by Gasteiger charge is -2.26. The molecule has 0 fully saturated rings. The molecule has 0 amide bonds. The van der Waals surface area contributed by atoms with E-state index in [1.807, 2.05) is 48.5 Å². The minimum Gasteiger partial charge on any atom is -0.508 e. The van der Waals surface area contributed by atoms with E-state index in [-0.39, 0.29) is 96.4 Å². The molecule has 0 aliphatic heterocycles. The van der Waals surface area contributed by atoms with Crippen LogP contribution >= 0.6 is 0 Å². The lowest BCUT2D eigenvalue weighted by molar-refractivity contribution is -0.142. The molecule has 4 atom stereocenters. The van der Waals surface area contributed by atoms with Crippen molar-refractivity contribution in [3.8, 4) is 56.8 Å². The fourth-order valence-corrected chi connectivity index (χ4v) is 14.8. The third kappa shape index (κ3) is 22.2. The van der Waals surface area contributed by atoms with Gasteiger partial charge in [-0.2, -0.15) is 0 Å². The number of methoxy groups -OCH3 is 6. The average molecular weight is 1450 g/mol. The van der Waals surface area contributed by atoms with Gasteiger partial charge in [0.15, 0.2) is 0 Å². The molecule has 0 radical (unpaired) electrons. The van der Waals surface area contributed by atoms with Gasteiger partial charge in [0.2, 0.25) is 0 Å². The standard InChI is InChI=1S/2C31H35FO4.2C13H16O3.2CH4/c2*1-31(2,3)28-15-20(9-13-25(28)27-17-23(34-4)12-14-29(27)32)19-36-24-11-10-21-7-6-8-22(26(21)18-24)16-30(33)35-5;2*1-16-13(15)7-10-4-2-3-9-5-6-11(14)8-12(9)10;;/h2*9-15,17-18,22H,6-8,16,19H2,1-5H3;2*5-6,8,10,14H,2-4,7H2,1H3;2*1H4/t2*22-;2*10-;;/m1010../s1. The van der Waals surface area contributed by atoms with Crippen molar-refractivity contribution in [1.82, 2.24) is 0 Å². The molecule has 568 valence electrons. The molecule has 0 aromatic heterocycles. The van der Waals surface area contributed by atoms with Gasteiger partial charge in [-0.3, -0.25) is 19.2 Å². The number of carbonyl (C=O) groups excluding carboxylic acids is 4. The fourth-order valence-electron chi connectivity index (χ4n) is 14.8. The molecule has 106 heavy (non-hydrogen) atoms. The van der Waals surface area contributed by atoms with Gasteiger partial charge in [-0.05, 0) is 274 Å². The zero-order valence-corrected chi connectivity index (χ0v) is 62.4. The lowest BCUT2D eigenvalue weighted by Crippen LogP contribution is -2.15. The summed E-state index contributed by atoms with van der Waals surface area (Å²) in [6, 6.07) is 45.0. The van der Waals surface area contributed by atoms with Gasteiger partial charge in [-0.1, -0.05) is 117 Å². The summed E-state index contributed by atoms with van der Waals surface area (Å²) in [5.74, 6) is 2.80. The van der Waals surface area contributed by atoms with E-state index >= 15 is 0 Å². The number of benzene rings is 8. The minimum absolute atomic E-state index is 0. The van der Waals surface area contributed by atoms with Gasteiger partial charge in [0.05, 0.1) is 68.3 Å². The van der Waals surface area contributed by atoms with Crippen molar-refractivity contribution in [3.05, 3.63) is 224 Å². The molecule has 0 spiro atoms. The van der Waals surface area contributed by atoms with E-state index < -0.39 is 0 Å². The molecule has 0 unspecified atom stereocenters. The number of hydrogen-bond acceptors (Lipinski definition) is 14. The number of halogens is 2. The topological polar surface area (TPSA) is 183 Å². The van der Waals surface area contributed by atoms with Crippen molar-refractivity contribution in [1.29, 1.82) is 0 Å². The number of phenols is 2. The number of phenolic OH excluding ortho intramolecular Hbond substituents is 2. The minimum atomic E-state index is -0.277. The van der Waals surface area contributed by atoms with Crippen LogP contribution in [0, 0.1) is 11.6 Å². The quantitative estimate of drug-likeness (QED) is 0.0611. The van der Waals surface area contributed by atoms with E-state index in [1.165, 1.54) is 74.0 Å². The van der Waals surface area contributed by atoms with Gasteiger partial charge in [0, 0.05) is 11.1 Å². The van der Waals surface area contributed by atoms with Crippen LogP contribution in [-0.2, 0) is 87.9 Å². The maximum atomic E-state index is 14.8. The summed E-state index contributed by atoms with van der Waals surface area (Å²) in [5, 5.41) is 19.0. The lowest BCUT2D eigenvalue weighted by atomic mass is 9.80. The Morgan fingerprint density at radius 3 is 0.953 bits per heavy atom. The summed E-state index contributed by atoms with van der Waals surface area (Å²) in [7, 11) is 8.86. The van der Waals surface area contributed by atoms with Crippen LogP contribution in [-0.4, -0.2) is 76.7 Å². The molecular weight excluding hydrogens is 1340 g/mol. The van der Waals surface area contributed by atoms with Gasteiger partial charge < -0.3 is 48.1 Å². The third-order valence-electron chi connectivity index (χ3n) is 20.3. The second kappa shape index (κ2) is 38.5. The Kier molecular flexibility index (Phi) is 30.4. The van der Waals surface area contributed by atoms with Gasteiger partial charge >= 0.3 is 23.9 Å². The number of ether oxygens (including phenoxy) is 8. The van der Waals surface area contributed by atoms with Crippen LogP contribution in [0.4, 0.5) is 8.78 Å². The van der Waals surface area contributed by atoms with Crippen LogP contribution < -0.4 is 18.9 Å². The summed E-state index contributed by atoms with van der Waals surface area (Å²) >= 11 is 0. The van der Waals surface area contributed by atoms with Crippen molar-refractivity contribution in [2.24, 2.45) is 0 Å². The summed E-state index contributed by atoms with van der Waals surface area (Å²) in [4.78, 5) is 46.4. The zero-order valence-electron chi connectivity index (χ0n) is 62.4. The molecule has 0 saturated carbocycles. The summed E-state index contributed by atoms with van der Waals surface area (Å²) in [5.41, 5.74) is 16.1. The second-order valence-electron chi connectivity index (χ2n) is 29.5. The Morgan fingerprint density at radius 1 is 0.368 bits per heavy atom. The highest BCUT2D eigenvalue weighted by molar-refractivity contribution is 5.74. The highest BCUT2D eigenvalue weighted by Gasteiger charge is 2.30. The smallest absolute Gasteiger partial charge is 0.306 e. The third-order valence-corrected chi connectivity index (χ3v) is 20.3. The fraction of sp³-hybridized carbons (Fsp3) is 0.422. The Balaban J connectivity index is 0.000000209. The number of aromatic hydroxyl groups is 2. The molecule has 16 heteroatoms.